The maximum Gasteiger partial charge on any atom is 0.322 e. The number of nitrogens with one attached hydrogen (secondary N) is 1. The van der Waals surface area contributed by atoms with E-state index >= 15 is 0 Å². The predicted octanol–water partition coefficient (Wildman–Crippen LogP) is 2.52. The van der Waals surface area contributed by atoms with Crippen molar-refractivity contribution in [3.05, 3.63) is 24.2 Å². The zero-order valence-electron chi connectivity index (χ0n) is 14.1. The van der Waals surface area contributed by atoms with Gasteiger partial charge in [0, 0.05) is 24.2 Å². The van der Waals surface area contributed by atoms with Gasteiger partial charge in [0.05, 0.1) is 11.8 Å². The lowest BCUT2D eigenvalue weighted by molar-refractivity contribution is 0.0580. The van der Waals surface area contributed by atoms with Crippen LogP contribution in [0.3, 0.4) is 0 Å². The molecule has 0 radical (unpaired) electrons. The van der Waals surface area contributed by atoms with E-state index in [2.05, 4.69) is 15.5 Å². The van der Waals surface area contributed by atoms with Gasteiger partial charge in [-0.05, 0) is 50.7 Å². The number of pyridine rings is 1. The van der Waals surface area contributed by atoms with Crippen LogP contribution in [0.15, 0.2) is 18.3 Å². The summed E-state index contributed by atoms with van der Waals surface area (Å²) in [6.45, 7) is 0. The normalized spacial score (nSPS) is 29.0. The molecule has 25 heavy (non-hydrogen) atoms. The van der Waals surface area contributed by atoms with Crippen molar-refractivity contribution in [2.75, 3.05) is 5.32 Å². The minimum absolute atomic E-state index is 0.0583. The SMILES string of the molecule is O=C(Nc1ccc2nnc(C3CCC3)n2c1)N1[C@H]2CC[C@H]1CC(O)C2. The fourth-order valence-electron chi connectivity index (χ4n) is 4.60. The first kappa shape index (κ1) is 15.1. The highest BCUT2D eigenvalue weighted by atomic mass is 16.3. The second-order valence-corrected chi connectivity index (χ2v) is 7.68. The highest BCUT2D eigenvalue weighted by molar-refractivity contribution is 5.90. The van der Waals surface area contributed by atoms with E-state index in [1.54, 1.807) is 0 Å². The molecule has 2 atom stereocenters. The molecule has 0 aromatic carbocycles. The Kier molecular flexibility index (Phi) is 3.45. The van der Waals surface area contributed by atoms with Crippen molar-refractivity contribution in [2.45, 2.75) is 69.1 Å². The number of aliphatic hydroxyl groups is 1. The van der Waals surface area contributed by atoms with E-state index in [9.17, 15) is 9.90 Å². The molecular formula is C18H23N5O2. The molecule has 2 aromatic rings. The quantitative estimate of drug-likeness (QED) is 0.879. The topological polar surface area (TPSA) is 82.8 Å². The average Bonchev–Trinajstić information content (AvgIpc) is 3.05. The maximum atomic E-state index is 12.8. The molecule has 1 aliphatic carbocycles. The van der Waals surface area contributed by atoms with Gasteiger partial charge in [-0.2, -0.15) is 0 Å². The van der Waals surface area contributed by atoms with Gasteiger partial charge in [0.1, 0.15) is 5.82 Å². The van der Waals surface area contributed by atoms with Crippen molar-refractivity contribution in [3.63, 3.8) is 0 Å². The molecule has 3 fully saturated rings. The Balaban J connectivity index is 1.37. The van der Waals surface area contributed by atoms with E-state index in [4.69, 9.17) is 0 Å². The Morgan fingerprint density at radius 1 is 1.12 bits per heavy atom. The van der Waals surface area contributed by atoms with Gasteiger partial charge in [0.2, 0.25) is 0 Å². The third-order valence-corrected chi connectivity index (χ3v) is 6.09. The van der Waals surface area contributed by atoms with Crippen LogP contribution in [0.2, 0.25) is 0 Å². The first-order valence-electron chi connectivity index (χ1n) is 9.31. The van der Waals surface area contributed by atoms with Crippen molar-refractivity contribution in [3.8, 4) is 0 Å². The molecule has 0 spiro atoms. The van der Waals surface area contributed by atoms with E-state index in [-0.39, 0.29) is 24.2 Å². The first-order chi connectivity index (χ1) is 12.2. The summed E-state index contributed by atoms with van der Waals surface area (Å²) < 4.78 is 2.01. The largest absolute Gasteiger partial charge is 0.393 e. The fraction of sp³-hybridized carbons (Fsp3) is 0.611. The molecule has 7 heteroatoms. The summed E-state index contributed by atoms with van der Waals surface area (Å²) in [5, 5.41) is 21.5. The molecule has 3 aliphatic rings. The predicted molar refractivity (Wildman–Crippen MR) is 92.5 cm³/mol. The second-order valence-electron chi connectivity index (χ2n) is 7.68. The van der Waals surface area contributed by atoms with Crippen LogP contribution in [0.4, 0.5) is 10.5 Å². The molecule has 0 unspecified atom stereocenters. The summed E-state index contributed by atoms with van der Waals surface area (Å²) in [4.78, 5) is 14.7. The molecule has 2 aromatic heterocycles. The van der Waals surface area contributed by atoms with E-state index in [1.807, 2.05) is 27.6 Å². The van der Waals surface area contributed by atoms with Gasteiger partial charge in [-0.1, -0.05) is 6.42 Å². The number of rotatable bonds is 2. The van der Waals surface area contributed by atoms with E-state index in [1.165, 1.54) is 6.42 Å². The number of piperidine rings is 1. The Morgan fingerprint density at radius 3 is 2.56 bits per heavy atom. The Bertz CT molecular complexity index is 801. The number of aliphatic hydroxyl groups excluding tert-OH is 1. The number of hydrogen-bond donors (Lipinski definition) is 2. The number of urea groups is 1. The minimum atomic E-state index is -0.264. The number of carbonyl (C=O) groups excluding carboxylic acids is 1. The van der Waals surface area contributed by atoms with Crippen molar-refractivity contribution in [1.82, 2.24) is 19.5 Å². The maximum absolute atomic E-state index is 12.8. The third kappa shape index (κ3) is 2.49. The zero-order valence-corrected chi connectivity index (χ0v) is 14.1. The monoisotopic (exact) mass is 341 g/mol. The van der Waals surface area contributed by atoms with Gasteiger partial charge in [-0.3, -0.25) is 4.40 Å². The summed E-state index contributed by atoms with van der Waals surface area (Å²) in [6.07, 6.45) is 8.62. The van der Waals surface area contributed by atoms with Gasteiger partial charge in [-0.25, -0.2) is 4.79 Å². The van der Waals surface area contributed by atoms with Crippen molar-refractivity contribution >= 4 is 17.4 Å². The van der Waals surface area contributed by atoms with Gasteiger partial charge in [0.25, 0.3) is 0 Å². The summed E-state index contributed by atoms with van der Waals surface area (Å²) in [5.74, 6) is 1.49. The third-order valence-electron chi connectivity index (χ3n) is 6.09. The van der Waals surface area contributed by atoms with Crippen LogP contribution < -0.4 is 5.32 Å². The number of amides is 2. The van der Waals surface area contributed by atoms with Gasteiger partial charge < -0.3 is 15.3 Å². The molecule has 132 valence electrons. The summed E-state index contributed by atoms with van der Waals surface area (Å²) >= 11 is 0. The molecule has 5 rings (SSSR count). The van der Waals surface area contributed by atoms with Crippen LogP contribution in [0.1, 0.15) is 56.7 Å². The fourth-order valence-corrected chi connectivity index (χ4v) is 4.60. The van der Waals surface area contributed by atoms with Crippen LogP contribution in [0.25, 0.3) is 5.65 Å². The second kappa shape index (κ2) is 5.69. The minimum Gasteiger partial charge on any atom is -0.393 e. The Labute approximate surface area is 146 Å². The molecule has 2 amide bonds. The summed E-state index contributed by atoms with van der Waals surface area (Å²) in [6, 6.07) is 4.06. The summed E-state index contributed by atoms with van der Waals surface area (Å²) in [7, 11) is 0. The smallest absolute Gasteiger partial charge is 0.322 e. The molecule has 4 heterocycles. The molecule has 2 aliphatic heterocycles. The van der Waals surface area contributed by atoms with E-state index in [0.29, 0.717) is 18.8 Å². The number of aromatic nitrogens is 3. The molecule has 2 saturated heterocycles. The van der Waals surface area contributed by atoms with Gasteiger partial charge in [0.15, 0.2) is 5.65 Å². The van der Waals surface area contributed by atoms with E-state index in [0.717, 1.165) is 42.8 Å². The lowest BCUT2D eigenvalue weighted by atomic mass is 9.85. The lowest BCUT2D eigenvalue weighted by Crippen LogP contribution is -2.49. The van der Waals surface area contributed by atoms with Crippen molar-refractivity contribution < 1.29 is 9.90 Å². The Morgan fingerprint density at radius 2 is 1.88 bits per heavy atom. The standard InChI is InChI=1S/C18H23N5O2/c24-15-8-13-5-6-14(9-15)23(13)18(25)19-12-4-7-16-20-21-17(22(16)10-12)11-2-1-3-11/h4,7,10-11,13-15,24H,1-3,5-6,8-9H2,(H,19,25)/t13-,14-/m0/s1. The lowest BCUT2D eigenvalue weighted by Gasteiger charge is -2.37. The van der Waals surface area contributed by atoms with Crippen LogP contribution in [-0.4, -0.2) is 48.8 Å². The van der Waals surface area contributed by atoms with Gasteiger partial charge >= 0.3 is 6.03 Å². The molecule has 7 nitrogen and oxygen atoms in total. The molecule has 1 saturated carbocycles. The van der Waals surface area contributed by atoms with Crippen LogP contribution in [0.5, 0.6) is 0 Å². The first-order valence-corrected chi connectivity index (χ1v) is 9.31. The number of nitrogens with zero attached hydrogens (tertiary/aromatic N) is 4. The zero-order chi connectivity index (χ0) is 17.0. The highest BCUT2D eigenvalue weighted by Crippen LogP contribution is 2.37. The molecule has 2 bridgehead atoms. The summed E-state index contributed by atoms with van der Waals surface area (Å²) in [5.41, 5.74) is 1.59. The number of carbonyl (C=O) groups is 1. The number of hydrogen-bond acceptors (Lipinski definition) is 4. The number of fused-ring (bicyclic) bond motifs is 3. The number of anilines is 1. The van der Waals surface area contributed by atoms with Gasteiger partial charge in [-0.15, -0.1) is 10.2 Å². The molecule has 2 N–H and O–H groups in total. The van der Waals surface area contributed by atoms with Crippen LogP contribution in [0, 0.1) is 0 Å². The highest BCUT2D eigenvalue weighted by Gasteiger charge is 2.42. The Hall–Kier alpha value is -2.15. The molecular weight excluding hydrogens is 318 g/mol. The van der Waals surface area contributed by atoms with E-state index < -0.39 is 0 Å². The van der Waals surface area contributed by atoms with Crippen LogP contribution >= 0.6 is 0 Å². The van der Waals surface area contributed by atoms with Crippen molar-refractivity contribution in [1.29, 1.82) is 0 Å². The average molecular weight is 341 g/mol. The van der Waals surface area contributed by atoms with Crippen LogP contribution in [-0.2, 0) is 0 Å². The van der Waals surface area contributed by atoms with Crippen molar-refractivity contribution in [2.24, 2.45) is 0 Å².